The van der Waals surface area contributed by atoms with Gasteiger partial charge >= 0.3 is 0 Å². The highest BCUT2D eigenvalue weighted by atomic mass is 31.0. The standard InChI is InChI=1S/C16H17N6O2P/c1-22-16-11(9-18-22)15-20-13(8-14(25)21-15)19-12-7-10(3-4-17-12)23-5-2-6-24-16/h3-4,7-9H,2,5-6,25H2,1H3,(H,17,19,20,21). The van der Waals surface area contributed by atoms with Gasteiger partial charge in [-0.2, -0.15) is 5.10 Å². The van der Waals surface area contributed by atoms with E-state index in [4.69, 9.17) is 9.47 Å². The van der Waals surface area contributed by atoms with Crippen LogP contribution >= 0.6 is 9.24 Å². The average Bonchev–Trinajstić information content (AvgIpc) is 2.95. The lowest BCUT2D eigenvalue weighted by molar-refractivity contribution is 0.236. The molecule has 0 aromatic carbocycles. The van der Waals surface area contributed by atoms with E-state index in [1.165, 1.54) is 0 Å². The van der Waals surface area contributed by atoms with Crippen LogP contribution in [-0.2, 0) is 7.05 Å². The Labute approximate surface area is 146 Å². The molecule has 4 rings (SSSR count). The second-order valence-corrected chi connectivity index (χ2v) is 6.13. The van der Waals surface area contributed by atoms with Gasteiger partial charge in [0.25, 0.3) is 0 Å². The summed E-state index contributed by atoms with van der Waals surface area (Å²) < 4.78 is 13.3. The fourth-order valence-corrected chi connectivity index (χ4v) is 2.80. The second kappa shape index (κ2) is 6.64. The third kappa shape index (κ3) is 3.39. The van der Waals surface area contributed by atoms with E-state index in [2.05, 4.69) is 34.6 Å². The Hall–Kier alpha value is -2.73. The Kier molecular flexibility index (Phi) is 4.19. The summed E-state index contributed by atoms with van der Waals surface area (Å²) in [7, 11) is 4.42. The maximum atomic E-state index is 5.90. The smallest absolute Gasteiger partial charge is 0.222 e. The van der Waals surface area contributed by atoms with E-state index in [-0.39, 0.29) is 0 Å². The van der Waals surface area contributed by atoms with Crippen molar-refractivity contribution >= 4 is 26.3 Å². The monoisotopic (exact) mass is 356 g/mol. The molecule has 0 saturated heterocycles. The van der Waals surface area contributed by atoms with Gasteiger partial charge in [-0.25, -0.2) is 19.6 Å². The van der Waals surface area contributed by atoms with Gasteiger partial charge in [0.2, 0.25) is 5.88 Å². The molecule has 0 radical (unpaired) electrons. The lowest BCUT2D eigenvalue weighted by atomic mass is 10.3. The van der Waals surface area contributed by atoms with Gasteiger partial charge < -0.3 is 14.8 Å². The van der Waals surface area contributed by atoms with E-state index >= 15 is 0 Å². The Bertz CT molecular complexity index is 913. The highest BCUT2D eigenvalue weighted by molar-refractivity contribution is 7.26. The molecule has 128 valence electrons. The number of hydrogen-bond acceptors (Lipinski definition) is 7. The minimum atomic E-state index is 0.510. The molecule has 4 bridgehead atoms. The number of aryl methyl sites for hydroxylation is 1. The second-order valence-electron chi connectivity index (χ2n) is 5.54. The Balaban J connectivity index is 1.80. The van der Waals surface area contributed by atoms with Crippen molar-refractivity contribution in [3.63, 3.8) is 0 Å². The molecule has 1 N–H and O–H groups in total. The molecule has 3 aromatic rings. The summed E-state index contributed by atoms with van der Waals surface area (Å²) >= 11 is 0. The van der Waals surface area contributed by atoms with Crippen LogP contribution in [0.25, 0.3) is 11.4 Å². The SMILES string of the molecule is Cn1ncc2c1OCCCOc1ccnc(c1)Nc1cc(P)nc-2n1. The number of fused-ring (bicyclic) bond motifs is 6. The van der Waals surface area contributed by atoms with Gasteiger partial charge in [0.15, 0.2) is 5.82 Å². The van der Waals surface area contributed by atoms with E-state index in [0.717, 1.165) is 23.2 Å². The lowest BCUT2D eigenvalue weighted by Gasteiger charge is -2.13. The molecule has 0 fully saturated rings. The summed E-state index contributed by atoms with van der Waals surface area (Å²) in [5, 5.41) is 7.46. The molecule has 4 heterocycles. The van der Waals surface area contributed by atoms with E-state index in [0.29, 0.717) is 36.6 Å². The third-order valence-corrected chi connectivity index (χ3v) is 3.95. The zero-order valence-electron chi connectivity index (χ0n) is 13.6. The van der Waals surface area contributed by atoms with Crippen molar-refractivity contribution < 1.29 is 9.47 Å². The van der Waals surface area contributed by atoms with Gasteiger partial charge in [-0.3, -0.25) is 0 Å². The zero-order chi connectivity index (χ0) is 17.2. The van der Waals surface area contributed by atoms with Crippen molar-refractivity contribution in [1.29, 1.82) is 0 Å². The third-order valence-electron chi connectivity index (χ3n) is 3.65. The summed E-state index contributed by atoms with van der Waals surface area (Å²) in [4.78, 5) is 13.4. The van der Waals surface area contributed by atoms with Gasteiger partial charge in [0.1, 0.15) is 22.9 Å². The van der Waals surface area contributed by atoms with E-state index < -0.39 is 0 Å². The van der Waals surface area contributed by atoms with Crippen LogP contribution in [-0.4, -0.2) is 37.9 Å². The number of nitrogens with zero attached hydrogens (tertiary/aromatic N) is 5. The van der Waals surface area contributed by atoms with E-state index in [9.17, 15) is 0 Å². The van der Waals surface area contributed by atoms with Gasteiger partial charge in [0, 0.05) is 31.8 Å². The molecule has 0 spiro atoms. The van der Waals surface area contributed by atoms with Crippen LogP contribution in [0.5, 0.6) is 11.6 Å². The number of anilines is 2. The first-order valence-corrected chi connectivity index (χ1v) is 8.42. The maximum absolute atomic E-state index is 5.90. The molecule has 1 atom stereocenters. The van der Waals surface area contributed by atoms with Crippen molar-refractivity contribution in [3.8, 4) is 23.0 Å². The topological polar surface area (TPSA) is 87.0 Å². The van der Waals surface area contributed by atoms with Gasteiger partial charge in [-0.1, -0.05) is 9.24 Å². The molecule has 1 unspecified atom stereocenters. The minimum absolute atomic E-state index is 0.510. The summed E-state index contributed by atoms with van der Waals surface area (Å²) in [5.74, 6) is 3.21. The first-order valence-electron chi connectivity index (χ1n) is 7.84. The summed E-state index contributed by atoms with van der Waals surface area (Å²) in [6, 6.07) is 5.49. The highest BCUT2D eigenvalue weighted by Gasteiger charge is 2.16. The Morgan fingerprint density at radius 2 is 2.04 bits per heavy atom. The molecule has 0 amide bonds. The van der Waals surface area contributed by atoms with Gasteiger partial charge in [-0.15, -0.1) is 0 Å². The highest BCUT2D eigenvalue weighted by Crippen LogP contribution is 2.28. The van der Waals surface area contributed by atoms with Crippen LogP contribution in [0.2, 0.25) is 0 Å². The van der Waals surface area contributed by atoms with E-state index in [1.807, 2.05) is 25.2 Å². The summed E-state index contributed by atoms with van der Waals surface area (Å²) in [6.07, 6.45) is 4.15. The van der Waals surface area contributed by atoms with Crippen molar-refractivity contribution in [3.05, 3.63) is 30.6 Å². The van der Waals surface area contributed by atoms with E-state index in [1.54, 1.807) is 17.1 Å². The van der Waals surface area contributed by atoms with Crippen molar-refractivity contribution in [2.24, 2.45) is 7.05 Å². The number of rotatable bonds is 0. The molecule has 1 aliphatic heterocycles. The number of ether oxygens (including phenoxy) is 2. The Morgan fingerprint density at radius 3 is 2.96 bits per heavy atom. The zero-order valence-corrected chi connectivity index (χ0v) is 14.8. The van der Waals surface area contributed by atoms with Crippen LogP contribution in [0.1, 0.15) is 6.42 Å². The van der Waals surface area contributed by atoms with Crippen LogP contribution < -0.4 is 20.2 Å². The van der Waals surface area contributed by atoms with Crippen LogP contribution in [0.15, 0.2) is 30.6 Å². The number of pyridine rings is 1. The van der Waals surface area contributed by atoms with Crippen molar-refractivity contribution in [1.82, 2.24) is 24.7 Å². The molecule has 0 saturated carbocycles. The molecular weight excluding hydrogens is 339 g/mol. The van der Waals surface area contributed by atoms with Gasteiger partial charge in [-0.05, 0) is 6.07 Å². The maximum Gasteiger partial charge on any atom is 0.222 e. The molecule has 0 aliphatic carbocycles. The molecule has 9 heteroatoms. The first-order chi connectivity index (χ1) is 12.2. The molecule has 3 aromatic heterocycles. The predicted octanol–water partition coefficient (Wildman–Crippen LogP) is 1.68. The van der Waals surface area contributed by atoms with Crippen LogP contribution in [0, 0.1) is 0 Å². The molecule has 8 nitrogen and oxygen atoms in total. The largest absolute Gasteiger partial charge is 0.493 e. The molecule has 25 heavy (non-hydrogen) atoms. The van der Waals surface area contributed by atoms with Crippen LogP contribution in [0.3, 0.4) is 0 Å². The summed E-state index contributed by atoms with van der Waals surface area (Å²) in [5.41, 5.74) is 1.50. The number of hydrogen-bond donors (Lipinski definition) is 1. The van der Waals surface area contributed by atoms with Gasteiger partial charge in [0.05, 0.1) is 24.8 Å². The first kappa shape index (κ1) is 15.8. The fourth-order valence-electron chi connectivity index (χ4n) is 2.52. The number of nitrogens with one attached hydrogen (secondary N) is 1. The Morgan fingerprint density at radius 1 is 1.16 bits per heavy atom. The van der Waals surface area contributed by atoms with Crippen molar-refractivity contribution in [2.45, 2.75) is 6.42 Å². The number of aromatic nitrogens is 5. The normalized spacial score (nSPS) is 13.7. The minimum Gasteiger partial charge on any atom is -0.493 e. The lowest BCUT2D eigenvalue weighted by Crippen LogP contribution is -2.10. The predicted molar refractivity (Wildman–Crippen MR) is 96.7 cm³/mol. The fraction of sp³-hybridized carbons (Fsp3) is 0.250. The molecular formula is C16H17N6O2P. The van der Waals surface area contributed by atoms with Crippen LogP contribution in [0.4, 0.5) is 11.6 Å². The molecule has 1 aliphatic rings. The average molecular weight is 356 g/mol. The van der Waals surface area contributed by atoms with Crippen molar-refractivity contribution in [2.75, 3.05) is 18.5 Å². The quantitative estimate of drug-likeness (QED) is 0.613. The summed E-state index contributed by atoms with van der Waals surface area (Å²) in [6.45, 7) is 1.06.